The molecule has 0 spiro atoms. The van der Waals surface area contributed by atoms with E-state index in [1.165, 1.54) is 5.56 Å². The number of aryl methyl sites for hydroxylation is 1. The Morgan fingerprint density at radius 3 is 2.58 bits per heavy atom. The van der Waals surface area contributed by atoms with Crippen molar-refractivity contribution in [3.05, 3.63) is 35.9 Å². The molecule has 1 saturated carbocycles. The van der Waals surface area contributed by atoms with Crippen LogP contribution in [0.5, 0.6) is 0 Å². The molecule has 1 aliphatic carbocycles. The first-order chi connectivity index (χ1) is 12.5. The van der Waals surface area contributed by atoms with E-state index in [1.54, 1.807) is 0 Å². The average molecular weight is 360 g/mol. The lowest BCUT2D eigenvalue weighted by Gasteiger charge is -2.43. The fraction of sp³-hybridized carbons (Fsp3) is 0.600. The largest absolute Gasteiger partial charge is 0.481 e. The lowest BCUT2D eigenvalue weighted by Crippen LogP contribution is -2.57. The fourth-order valence-corrected chi connectivity index (χ4v) is 3.82. The van der Waals surface area contributed by atoms with Crippen LogP contribution in [-0.4, -0.2) is 58.8 Å². The van der Waals surface area contributed by atoms with Gasteiger partial charge in [0, 0.05) is 19.1 Å². The summed E-state index contributed by atoms with van der Waals surface area (Å²) in [6, 6.07) is 10.2. The Balaban J connectivity index is 1.60. The lowest BCUT2D eigenvalue weighted by atomic mass is 9.73. The topological polar surface area (TPSA) is 89.9 Å². The minimum Gasteiger partial charge on any atom is -0.481 e. The summed E-state index contributed by atoms with van der Waals surface area (Å²) in [6.45, 7) is 0.973. The summed E-state index contributed by atoms with van der Waals surface area (Å²) in [4.78, 5) is 26.0. The van der Waals surface area contributed by atoms with Gasteiger partial charge in [0.15, 0.2) is 0 Å². The molecule has 6 nitrogen and oxygen atoms in total. The minimum absolute atomic E-state index is 0.0486. The number of aliphatic hydroxyl groups is 1. The first kappa shape index (κ1) is 18.9. The maximum Gasteiger partial charge on any atom is 0.313 e. The zero-order valence-electron chi connectivity index (χ0n) is 15.1. The molecular formula is C20H28N2O4. The van der Waals surface area contributed by atoms with E-state index in [4.69, 9.17) is 0 Å². The van der Waals surface area contributed by atoms with E-state index in [9.17, 15) is 19.8 Å². The zero-order valence-corrected chi connectivity index (χ0v) is 15.1. The number of nitrogens with one attached hydrogen (secondary N) is 1. The Bertz CT molecular complexity index is 632. The summed E-state index contributed by atoms with van der Waals surface area (Å²) in [6.07, 6.45) is 3.44. The van der Waals surface area contributed by atoms with Crippen LogP contribution in [0.3, 0.4) is 0 Å². The number of carboxylic acids is 1. The number of hydrogen-bond acceptors (Lipinski definition) is 4. The number of rotatable bonds is 8. The molecule has 1 heterocycles. The molecule has 3 N–H and O–H groups in total. The Labute approximate surface area is 154 Å². The Kier molecular flexibility index (Phi) is 5.94. The van der Waals surface area contributed by atoms with E-state index in [-0.39, 0.29) is 19.0 Å². The molecule has 2 atom stereocenters. The van der Waals surface area contributed by atoms with E-state index < -0.39 is 17.5 Å². The van der Waals surface area contributed by atoms with Crippen molar-refractivity contribution in [2.75, 3.05) is 19.6 Å². The smallest absolute Gasteiger partial charge is 0.313 e. The number of carboxylic acid groups (broad SMARTS) is 1. The third-order valence-corrected chi connectivity index (χ3v) is 5.53. The summed E-state index contributed by atoms with van der Waals surface area (Å²) < 4.78 is 0. The Morgan fingerprint density at radius 1 is 1.19 bits per heavy atom. The molecule has 1 aliphatic heterocycles. The van der Waals surface area contributed by atoms with Gasteiger partial charge in [-0.2, -0.15) is 0 Å². The molecule has 3 rings (SSSR count). The number of carbonyl (C=O) groups excluding carboxylic acids is 1. The van der Waals surface area contributed by atoms with Crippen LogP contribution >= 0.6 is 0 Å². The number of carbonyl (C=O) groups is 2. The number of aliphatic hydroxyl groups excluding tert-OH is 1. The first-order valence-corrected chi connectivity index (χ1v) is 9.47. The summed E-state index contributed by atoms with van der Waals surface area (Å²) >= 11 is 0. The maximum absolute atomic E-state index is 12.1. The number of hydrogen-bond donors (Lipinski definition) is 3. The highest BCUT2D eigenvalue weighted by Gasteiger charge is 2.48. The van der Waals surface area contributed by atoms with Gasteiger partial charge in [-0.15, -0.1) is 0 Å². The fourth-order valence-electron chi connectivity index (χ4n) is 3.82. The summed E-state index contributed by atoms with van der Waals surface area (Å²) in [5.74, 6) is -1.02. The van der Waals surface area contributed by atoms with Gasteiger partial charge in [0.05, 0.1) is 12.6 Å². The Hall–Kier alpha value is -1.92. The molecule has 0 unspecified atom stereocenters. The molecule has 26 heavy (non-hydrogen) atoms. The van der Waals surface area contributed by atoms with E-state index in [2.05, 4.69) is 5.32 Å². The number of benzene rings is 1. The molecule has 1 aromatic carbocycles. The first-order valence-electron chi connectivity index (χ1n) is 9.47. The highest BCUT2D eigenvalue weighted by molar-refractivity contribution is 5.79. The van der Waals surface area contributed by atoms with Gasteiger partial charge >= 0.3 is 5.97 Å². The van der Waals surface area contributed by atoms with Crippen LogP contribution < -0.4 is 5.32 Å². The van der Waals surface area contributed by atoms with Crippen molar-refractivity contribution in [1.29, 1.82) is 0 Å². The van der Waals surface area contributed by atoms with Crippen molar-refractivity contribution in [2.24, 2.45) is 5.41 Å². The highest BCUT2D eigenvalue weighted by Crippen LogP contribution is 2.36. The van der Waals surface area contributed by atoms with Gasteiger partial charge in [-0.1, -0.05) is 30.3 Å². The van der Waals surface area contributed by atoms with Crippen LogP contribution in [0.15, 0.2) is 30.3 Å². The molecule has 6 heteroatoms. The minimum atomic E-state index is -1.20. The van der Waals surface area contributed by atoms with Crippen LogP contribution in [-0.2, 0) is 16.0 Å². The van der Waals surface area contributed by atoms with Gasteiger partial charge < -0.3 is 15.5 Å². The van der Waals surface area contributed by atoms with Crippen molar-refractivity contribution in [3.8, 4) is 0 Å². The highest BCUT2D eigenvalue weighted by atomic mass is 16.4. The number of nitrogens with zero attached hydrogens (tertiary/aromatic N) is 1. The van der Waals surface area contributed by atoms with Crippen LogP contribution in [0.25, 0.3) is 0 Å². The SMILES string of the molecule is O=C(CN1CC[C@@H](O)[C@](CCCc2ccccc2)(C(=O)O)C1)NC1CC1. The molecule has 2 aliphatic rings. The van der Waals surface area contributed by atoms with Crippen molar-refractivity contribution < 1.29 is 19.8 Å². The standard InChI is InChI=1S/C20H28N2O4/c23-17-10-12-22(13-18(24)21-16-8-9-16)14-20(17,19(25)26)11-4-7-15-5-2-1-3-6-15/h1-3,5-6,16-17,23H,4,7-14H2,(H,21,24)(H,25,26)/t17-,20-/m1/s1. The summed E-state index contributed by atoms with van der Waals surface area (Å²) in [7, 11) is 0. The monoisotopic (exact) mass is 360 g/mol. The molecule has 0 radical (unpaired) electrons. The third-order valence-electron chi connectivity index (χ3n) is 5.53. The van der Waals surface area contributed by atoms with Gasteiger partial charge in [0.25, 0.3) is 0 Å². The van der Waals surface area contributed by atoms with Crippen molar-refractivity contribution in [3.63, 3.8) is 0 Å². The zero-order chi connectivity index (χ0) is 18.6. The number of amides is 1. The quantitative estimate of drug-likeness (QED) is 0.652. The second-order valence-electron chi connectivity index (χ2n) is 7.66. The van der Waals surface area contributed by atoms with Crippen LogP contribution in [0, 0.1) is 5.41 Å². The predicted octanol–water partition coefficient (Wildman–Crippen LogP) is 1.43. The second kappa shape index (κ2) is 8.18. The lowest BCUT2D eigenvalue weighted by molar-refractivity contribution is -0.165. The third kappa shape index (κ3) is 4.62. The number of aliphatic carboxylic acids is 1. The van der Waals surface area contributed by atoms with E-state index in [0.717, 1.165) is 19.3 Å². The van der Waals surface area contributed by atoms with Crippen molar-refractivity contribution in [1.82, 2.24) is 10.2 Å². The van der Waals surface area contributed by atoms with E-state index >= 15 is 0 Å². The average Bonchev–Trinajstić information content (AvgIpc) is 3.42. The Morgan fingerprint density at radius 2 is 1.92 bits per heavy atom. The number of piperidine rings is 1. The van der Waals surface area contributed by atoms with E-state index in [1.807, 2.05) is 35.2 Å². The van der Waals surface area contributed by atoms with Crippen LogP contribution in [0.1, 0.15) is 37.7 Å². The van der Waals surface area contributed by atoms with Crippen LogP contribution in [0.4, 0.5) is 0 Å². The van der Waals surface area contributed by atoms with Gasteiger partial charge in [-0.3, -0.25) is 14.5 Å². The summed E-state index contributed by atoms with van der Waals surface area (Å²) in [5.41, 5.74) is -0.0358. The van der Waals surface area contributed by atoms with Gasteiger partial charge in [0.1, 0.15) is 5.41 Å². The van der Waals surface area contributed by atoms with Crippen LogP contribution in [0.2, 0.25) is 0 Å². The molecule has 1 amide bonds. The van der Waals surface area contributed by atoms with Crippen molar-refractivity contribution in [2.45, 2.75) is 50.7 Å². The normalized spacial score (nSPS) is 26.4. The number of likely N-dealkylation sites (tertiary alicyclic amines) is 1. The molecular weight excluding hydrogens is 332 g/mol. The van der Waals surface area contributed by atoms with Gasteiger partial charge in [0.2, 0.25) is 5.91 Å². The predicted molar refractivity (Wildman–Crippen MR) is 97.7 cm³/mol. The molecule has 1 saturated heterocycles. The molecule has 1 aromatic rings. The molecule has 142 valence electrons. The molecule has 2 fully saturated rings. The molecule has 0 aromatic heterocycles. The molecule has 0 bridgehead atoms. The van der Waals surface area contributed by atoms with E-state index in [0.29, 0.717) is 31.8 Å². The maximum atomic E-state index is 12.1. The van der Waals surface area contributed by atoms with Gasteiger partial charge in [-0.05, 0) is 44.1 Å². The summed E-state index contributed by atoms with van der Waals surface area (Å²) in [5, 5.41) is 23.3. The van der Waals surface area contributed by atoms with Crippen molar-refractivity contribution >= 4 is 11.9 Å². The van der Waals surface area contributed by atoms with Gasteiger partial charge in [-0.25, -0.2) is 0 Å². The second-order valence-corrected chi connectivity index (χ2v) is 7.66.